The first-order valence-corrected chi connectivity index (χ1v) is 11.7. The zero-order valence-corrected chi connectivity index (χ0v) is 19.6. The van der Waals surface area contributed by atoms with E-state index in [1.54, 1.807) is 17.7 Å². The first kappa shape index (κ1) is 23.3. The molecule has 4 aromatic rings. The van der Waals surface area contributed by atoms with Crippen LogP contribution in [0.1, 0.15) is 22.8 Å². The largest absolute Gasteiger partial charge is 0.439 e. The molecular weight excluding hydrogens is 464 g/mol. The van der Waals surface area contributed by atoms with Gasteiger partial charge in [-0.1, -0.05) is 0 Å². The lowest BCUT2D eigenvalue weighted by atomic mass is 10.2. The smallest absolute Gasteiger partial charge is 0.262 e. The minimum atomic E-state index is -4.18. The zero-order valence-electron chi connectivity index (χ0n) is 18.8. The van der Waals surface area contributed by atoms with Gasteiger partial charge in [0.15, 0.2) is 5.82 Å². The predicted molar refractivity (Wildman–Crippen MR) is 122 cm³/mol. The van der Waals surface area contributed by atoms with Crippen LogP contribution in [-0.4, -0.2) is 28.2 Å². The molecule has 0 amide bonds. The number of aromatic nitrogens is 4. The molecule has 0 aliphatic rings. The van der Waals surface area contributed by atoms with E-state index in [0.717, 1.165) is 29.1 Å². The van der Waals surface area contributed by atoms with Crippen LogP contribution in [0.15, 0.2) is 53.4 Å². The number of nitrogens with one attached hydrogen (secondary N) is 1. The van der Waals surface area contributed by atoms with Gasteiger partial charge in [0.1, 0.15) is 23.2 Å². The standard InChI is InChI=1S/C23H21F2N5O3S/c1-13-14(2)28-30(15(13)3)22-12-23(27-16(4)26-22)33-20-7-5-19(6-8-20)29-34(31,32)21-10-17(24)9-18(25)11-21/h5-12,29H,1-4H3. The molecule has 2 aromatic carbocycles. The van der Waals surface area contributed by atoms with E-state index in [1.165, 1.54) is 24.3 Å². The molecule has 11 heteroatoms. The summed E-state index contributed by atoms with van der Waals surface area (Å²) in [6.07, 6.45) is 0. The fourth-order valence-corrected chi connectivity index (χ4v) is 4.34. The molecule has 0 aliphatic carbocycles. The van der Waals surface area contributed by atoms with Crippen molar-refractivity contribution in [2.75, 3.05) is 4.72 Å². The van der Waals surface area contributed by atoms with Gasteiger partial charge in [0.05, 0.1) is 10.6 Å². The van der Waals surface area contributed by atoms with E-state index >= 15 is 0 Å². The summed E-state index contributed by atoms with van der Waals surface area (Å²) in [7, 11) is -4.18. The van der Waals surface area contributed by atoms with Crippen molar-refractivity contribution in [3.8, 4) is 17.4 Å². The predicted octanol–water partition coefficient (Wildman–Crippen LogP) is 4.77. The summed E-state index contributed by atoms with van der Waals surface area (Å²) in [5.41, 5.74) is 3.11. The van der Waals surface area contributed by atoms with Crippen LogP contribution >= 0.6 is 0 Å². The first-order chi connectivity index (χ1) is 16.0. The average Bonchev–Trinajstić information content (AvgIpc) is 3.01. The first-order valence-electron chi connectivity index (χ1n) is 10.2. The molecule has 0 fully saturated rings. The molecule has 0 atom stereocenters. The second kappa shape index (κ2) is 8.82. The van der Waals surface area contributed by atoms with Crippen molar-refractivity contribution in [2.24, 2.45) is 0 Å². The van der Waals surface area contributed by atoms with Crippen molar-refractivity contribution in [2.45, 2.75) is 32.6 Å². The number of nitrogens with zero attached hydrogens (tertiary/aromatic N) is 4. The Hall–Kier alpha value is -3.86. The number of benzene rings is 2. The third kappa shape index (κ3) is 4.88. The molecule has 0 bridgehead atoms. The maximum atomic E-state index is 13.4. The highest BCUT2D eigenvalue weighted by Crippen LogP contribution is 2.25. The van der Waals surface area contributed by atoms with Gasteiger partial charge in [-0.3, -0.25) is 4.72 Å². The quantitative estimate of drug-likeness (QED) is 0.423. The normalized spacial score (nSPS) is 11.5. The molecule has 34 heavy (non-hydrogen) atoms. The molecule has 0 unspecified atom stereocenters. The van der Waals surface area contributed by atoms with Crippen LogP contribution in [0.2, 0.25) is 0 Å². The number of anilines is 1. The minimum absolute atomic E-state index is 0.190. The van der Waals surface area contributed by atoms with Gasteiger partial charge < -0.3 is 4.74 Å². The molecule has 2 heterocycles. The molecule has 0 aliphatic heterocycles. The van der Waals surface area contributed by atoms with E-state index in [4.69, 9.17) is 4.74 Å². The maximum Gasteiger partial charge on any atom is 0.262 e. The van der Waals surface area contributed by atoms with Gasteiger partial charge in [-0.05, 0) is 69.7 Å². The van der Waals surface area contributed by atoms with E-state index in [1.807, 2.05) is 20.8 Å². The van der Waals surface area contributed by atoms with Crippen molar-refractivity contribution in [1.29, 1.82) is 0 Å². The molecule has 0 saturated heterocycles. The van der Waals surface area contributed by atoms with Crippen molar-refractivity contribution >= 4 is 15.7 Å². The monoisotopic (exact) mass is 485 g/mol. The summed E-state index contributed by atoms with van der Waals surface area (Å²) in [5.74, 6) is -0.240. The van der Waals surface area contributed by atoms with Crippen LogP contribution in [0, 0.1) is 39.3 Å². The van der Waals surface area contributed by atoms with Gasteiger partial charge >= 0.3 is 0 Å². The van der Waals surface area contributed by atoms with Gasteiger partial charge in [-0.15, -0.1) is 0 Å². The van der Waals surface area contributed by atoms with Crippen LogP contribution in [0.4, 0.5) is 14.5 Å². The fourth-order valence-electron chi connectivity index (χ4n) is 3.24. The van der Waals surface area contributed by atoms with E-state index < -0.39 is 26.6 Å². The Labute approximate surface area is 195 Å². The number of hydrogen-bond acceptors (Lipinski definition) is 6. The summed E-state index contributed by atoms with van der Waals surface area (Å²) >= 11 is 0. The molecule has 1 N–H and O–H groups in total. The fraction of sp³-hybridized carbons (Fsp3) is 0.174. The second-order valence-electron chi connectivity index (χ2n) is 7.66. The summed E-state index contributed by atoms with van der Waals surface area (Å²) in [6.45, 7) is 7.60. The summed E-state index contributed by atoms with van der Waals surface area (Å²) < 4.78 is 61.5. The van der Waals surface area contributed by atoms with Gasteiger partial charge in [0, 0.05) is 23.5 Å². The Morgan fingerprint density at radius 3 is 2.15 bits per heavy atom. The van der Waals surface area contributed by atoms with E-state index in [9.17, 15) is 17.2 Å². The number of rotatable bonds is 6. The highest BCUT2D eigenvalue weighted by molar-refractivity contribution is 7.92. The molecule has 0 spiro atoms. The Kier molecular flexibility index (Phi) is 6.05. The van der Waals surface area contributed by atoms with E-state index in [0.29, 0.717) is 23.5 Å². The third-order valence-corrected chi connectivity index (χ3v) is 6.51. The average molecular weight is 486 g/mol. The molecule has 176 valence electrons. The molecule has 0 radical (unpaired) electrons. The highest BCUT2D eigenvalue weighted by atomic mass is 32.2. The van der Waals surface area contributed by atoms with Crippen LogP contribution in [-0.2, 0) is 10.0 Å². The Morgan fingerprint density at radius 2 is 1.56 bits per heavy atom. The number of aryl methyl sites for hydroxylation is 2. The van der Waals surface area contributed by atoms with Crippen molar-refractivity contribution < 1.29 is 21.9 Å². The maximum absolute atomic E-state index is 13.4. The highest BCUT2D eigenvalue weighted by Gasteiger charge is 2.17. The van der Waals surface area contributed by atoms with Crippen LogP contribution in [0.25, 0.3) is 5.82 Å². The Morgan fingerprint density at radius 1 is 0.912 bits per heavy atom. The number of hydrogen-bond donors (Lipinski definition) is 1. The second-order valence-corrected chi connectivity index (χ2v) is 9.34. The lowest BCUT2D eigenvalue weighted by Gasteiger charge is -2.11. The molecule has 8 nitrogen and oxygen atoms in total. The summed E-state index contributed by atoms with van der Waals surface area (Å²) in [4.78, 5) is 8.21. The van der Waals surface area contributed by atoms with Crippen LogP contribution < -0.4 is 9.46 Å². The van der Waals surface area contributed by atoms with Gasteiger partial charge in [-0.2, -0.15) is 10.1 Å². The zero-order chi connectivity index (χ0) is 24.6. The number of ether oxygens (including phenoxy) is 1. The summed E-state index contributed by atoms with van der Waals surface area (Å²) in [5, 5.41) is 4.51. The molecule has 4 rings (SSSR count). The third-order valence-electron chi connectivity index (χ3n) is 5.15. The lowest BCUT2D eigenvalue weighted by Crippen LogP contribution is -2.13. The Bertz CT molecular complexity index is 1470. The minimum Gasteiger partial charge on any atom is -0.439 e. The Balaban J connectivity index is 1.54. The topological polar surface area (TPSA) is 99.0 Å². The molecule has 2 aromatic heterocycles. The van der Waals surface area contributed by atoms with Crippen molar-refractivity contribution in [1.82, 2.24) is 19.7 Å². The molecule has 0 saturated carbocycles. The SMILES string of the molecule is Cc1nc(Oc2ccc(NS(=O)(=O)c3cc(F)cc(F)c3)cc2)cc(-n2nc(C)c(C)c2C)n1. The van der Waals surface area contributed by atoms with Crippen LogP contribution in [0.3, 0.4) is 0 Å². The van der Waals surface area contributed by atoms with E-state index in [2.05, 4.69) is 19.8 Å². The molecular formula is C23H21F2N5O3S. The van der Waals surface area contributed by atoms with Gasteiger partial charge in [0.2, 0.25) is 5.88 Å². The number of sulfonamides is 1. The van der Waals surface area contributed by atoms with E-state index in [-0.39, 0.29) is 11.6 Å². The lowest BCUT2D eigenvalue weighted by molar-refractivity contribution is 0.459. The summed E-state index contributed by atoms with van der Waals surface area (Å²) in [6, 6.07) is 9.72. The van der Waals surface area contributed by atoms with Gasteiger partial charge in [0.25, 0.3) is 10.0 Å². The van der Waals surface area contributed by atoms with Crippen molar-refractivity contribution in [3.05, 3.63) is 82.9 Å². The number of halogens is 2. The van der Waals surface area contributed by atoms with Crippen LogP contribution in [0.5, 0.6) is 11.6 Å². The van der Waals surface area contributed by atoms with Crippen molar-refractivity contribution in [3.63, 3.8) is 0 Å². The van der Waals surface area contributed by atoms with Gasteiger partial charge in [-0.25, -0.2) is 26.9 Å².